The number of benzene rings is 2. The van der Waals surface area contributed by atoms with Gasteiger partial charge in [0.25, 0.3) is 0 Å². The van der Waals surface area contributed by atoms with Crippen molar-refractivity contribution in [2.45, 2.75) is 50.9 Å². The van der Waals surface area contributed by atoms with Gasteiger partial charge in [0.1, 0.15) is 17.8 Å². The molecule has 42 heavy (non-hydrogen) atoms. The molecule has 2 aromatic rings. The van der Waals surface area contributed by atoms with E-state index in [9.17, 15) is 24.6 Å². The number of carbonyl (C=O) groups is 3. The second-order valence-electron chi connectivity index (χ2n) is 10.7. The van der Waals surface area contributed by atoms with Crippen molar-refractivity contribution in [1.82, 2.24) is 20.9 Å². The van der Waals surface area contributed by atoms with Crippen molar-refractivity contribution < 1.29 is 34.1 Å². The highest BCUT2D eigenvalue weighted by Gasteiger charge is 2.31. The molecule has 11 heteroatoms. The summed E-state index contributed by atoms with van der Waals surface area (Å²) >= 11 is 0. The molecule has 0 saturated carbocycles. The summed E-state index contributed by atoms with van der Waals surface area (Å²) in [5.41, 5.74) is 1.68. The Morgan fingerprint density at radius 1 is 0.905 bits per heavy atom. The number of hydrogen-bond donors (Lipinski definition) is 5. The number of rotatable bonds is 15. The van der Waals surface area contributed by atoms with E-state index >= 15 is 0 Å². The van der Waals surface area contributed by atoms with Crippen LogP contribution >= 0.6 is 0 Å². The van der Waals surface area contributed by atoms with Crippen molar-refractivity contribution >= 4 is 17.7 Å². The van der Waals surface area contributed by atoms with Crippen LogP contribution in [0.15, 0.2) is 54.6 Å². The molecule has 1 aliphatic heterocycles. The second-order valence-corrected chi connectivity index (χ2v) is 10.7. The fourth-order valence-electron chi connectivity index (χ4n) is 4.73. The lowest BCUT2D eigenvalue weighted by molar-refractivity contribution is -0.132. The lowest BCUT2D eigenvalue weighted by atomic mass is 9.92. The molecule has 0 spiro atoms. The fraction of sp³-hybridized carbons (Fsp3) is 0.516. The molecule has 5 N–H and O–H groups in total. The third kappa shape index (κ3) is 10.4. The molecule has 0 aliphatic carbocycles. The van der Waals surface area contributed by atoms with Crippen molar-refractivity contribution in [2.24, 2.45) is 5.92 Å². The third-order valence-electron chi connectivity index (χ3n) is 7.38. The van der Waals surface area contributed by atoms with E-state index < -0.39 is 42.0 Å². The van der Waals surface area contributed by atoms with Crippen molar-refractivity contribution in [1.29, 1.82) is 0 Å². The van der Waals surface area contributed by atoms with Crippen LogP contribution in [0.2, 0.25) is 0 Å². The average molecular weight is 585 g/mol. The van der Waals surface area contributed by atoms with Gasteiger partial charge in [0.2, 0.25) is 17.7 Å². The summed E-state index contributed by atoms with van der Waals surface area (Å²) in [6.45, 7) is 5.57. The highest BCUT2D eigenvalue weighted by Crippen LogP contribution is 2.15. The minimum atomic E-state index is -1.03. The Labute approximate surface area is 247 Å². The standard InChI is InChI=1S/C31H44N4O7/c1-21(20-36)29(38)26(17-23-7-5-4-6-8-23)33-31(40)27(18-24-9-11-25(41-3)12-10-24)34-30(39)22(2)32-28(37)19-35-13-15-42-16-14-35/h4-12,21-22,26-27,29,36,38H,13-20H2,1-3H3,(H,32,37)(H,33,40)(H,34,39)/t21-,22+,26+,27+,29+/m1/s1. The van der Waals surface area contributed by atoms with Gasteiger partial charge in [-0.05, 0) is 36.6 Å². The molecule has 0 radical (unpaired) electrons. The Hall–Kier alpha value is -3.51. The van der Waals surface area contributed by atoms with E-state index in [4.69, 9.17) is 9.47 Å². The molecule has 0 bridgehead atoms. The number of aliphatic hydroxyl groups excluding tert-OH is 2. The summed E-state index contributed by atoms with van der Waals surface area (Å²) in [5.74, 6) is -1.13. The van der Waals surface area contributed by atoms with E-state index in [2.05, 4.69) is 16.0 Å². The Morgan fingerprint density at radius 3 is 2.17 bits per heavy atom. The normalized spacial score (nSPS) is 17.3. The van der Waals surface area contributed by atoms with Gasteiger partial charge in [-0.2, -0.15) is 0 Å². The van der Waals surface area contributed by atoms with Crippen LogP contribution in [0.5, 0.6) is 5.75 Å². The Kier molecular flexibility index (Phi) is 13.2. The first-order valence-electron chi connectivity index (χ1n) is 14.4. The molecule has 1 saturated heterocycles. The number of hydrogen-bond acceptors (Lipinski definition) is 8. The van der Waals surface area contributed by atoms with E-state index in [1.54, 1.807) is 33.1 Å². The number of carbonyl (C=O) groups excluding carboxylic acids is 3. The summed E-state index contributed by atoms with van der Waals surface area (Å²) in [6, 6.07) is 14.0. The molecule has 0 unspecified atom stereocenters. The monoisotopic (exact) mass is 584 g/mol. The zero-order valence-electron chi connectivity index (χ0n) is 24.6. The third-order valence-corrected chi connectivity index (χ3v) is 7.38. The van der Waals surface area contributed by atoms with Gasteiger partial charge in [-0.15, -0.1) is 0 Å². The first-order valence-corrected chi connectivity index (χ1v) is 14.4. The number of nitrogens with zero attached hydrogens (tertiary/aromatic N) is 1. The molecule has 230 valence electrons. The van der Waals surface area contributed by atoms with Crippen molar-refractivity contribution in [3.63, 3.8) is 0 Å². The molecule has 2 aromatic carbocycles. The summed E-state index contributed by atoms with van der Waals surface area (Å²) < 4.78 is 10.5. The number of amides is 3. The summed E-state index contributed by atoms with van der Waals surface area (Å²) in [5, 5.41) is 29.1. The Bertz CT molecular complexity index is 1130. The fourth-order valence-corrected chi connectivity index (χ4v) is 4.73. The first kappa shape index (κ1) is 33.0. The molecule has 3 amide bonds. The van der Waals surface area contributed by atoms with E-state index in [0.29, 0.717) is 38.5 Å². The van der Waals surface area contributed by atoms with Crippen molar-refractivity contribution in [2.75, 3.05) is 46.6 Å². The molecule has 3 rings (SSSR count). The predicted molar refractivity (Wildman–Crippen MR) is 158 cm³/mol. The van der Waals surface area contributed by atoms with Gasteiger partial charge in [-0.25, -0.2) is 0 Å². The topological polar surface area (TPSA) is 149 Å². The smallest absolute Gasteiger partial charge is 0.243 e. The quantitative estimate of drug-likeness (QED) is 0.200. The van der Waals surface area contributed by atoms with Gasteiger partial charge >= 0.3 is 0 Å². The van der Waals surface area contributed by atoms with Crippen LogP contribution in [-0.2, 0) is 32.0 Å². The molecule has 1 aliphatic rings. The van der Waals surface area contributed by atoms with E-state index in [1.807, 2.05) is 47.4 Å². The van der Waals surface area contributed by atoms with Gasteiger partial charge in [-0.3, -0.25) is 19.3 Å². The zero-order chi connectivity index (χ0) is 30.5. The second kappa shape index (κ2) is 16.8. The van der Waals surface area contributed by atoms with Gasteiger partial charge in [-0.1, -0.05) is 49.4 Å². The van der Waals surface area contributed by atoms with Crippen molar-refractivity contribution in [3.8, 4) is 5.75 Å². The summed E-state index contributed by atoms with van der Waals surface area (Å²) in [4.78, 5) is 41.4. The highest BCUT2D eigenvalue weighted by atomic mass is 16.5. The van der Waals surface area contributed by atoms with Crippen molar-refractivity contribution in [3.05, 3.63) is 65.7 Å². The predicted octanol–water partition coefficient (Wildman–Crippen LogP) is 0.276. The molecule has 1 heterocycles. The van der Waals surface area contributed by atoms with E-state index in [0.717, 1.165) is 11.1 Å². The lowest BCUT2D eigenvalue weighted by Gasteiger charge is -2.30. The summed E-state index contributed by atoms with van der Waals surface area (Å²) in [7, 11) is 1.56. The maximum atomic E-state index is 13.7. The van der Waals surface area contributed by atoms with Crippen LogP contribution in [-0.4, -0.2) is 104 Å². The Morgan fingerprint density at radius 2 is 1.55 bits per heavy atom. The van der Waals surface area contributed by atoms with Crippen LogP contribution in [0.4, 0.5) is 0 Å². The lowest BCUT2D eigenvalue weighted by Crippen LogP contribution is -2.57. The maximum Gasteiger partial charge on any atom is 0.243 e. The minimum Gasteiger partial charge on any atom is -0.497 e. The number of nitrogens with one attached hydrogen (secondary N) is 3. The van der Waals surface area contributed by atoms with E-state index in [-0.39, 0.29) is 25.5 Å². The molecule has 0 aromatic heterocycles. The van der Waals surface area contributed by atoms with Gasteiger partial charge < -0.3 is 35.6 Å². The number of ether oxygens (including phenoxy) is 2. The molecule has 5 atom stereocenters. The zero-order valence-corrected chi connectivity index (χ0v) is 24.6. The molecule has 11 nitrogen and oxygen atoms in total. The molecular formula is C31H44N4O7. The number of methoxy groups -OCH3 is 1. The largest absolute Gasteiger partial charge is 0.497 e. The van der Waals surface area contributed by atoms with Crippen LogP contribution in [0, 0.1) is 5.92 Å². The SMILES string of the molecule is COc1ccc(C[C@H](NC(=O)[C@H](C)NC(=O)CN2CCOCC2)C(=O)N[C@@H](Cc2ccccc2)[C@@H](O)[C@H](C)CO)cc1. The Balaban J connectivity index is 1.74. The van der Waals surface area contributed by atoms with Gasteiger partial charge in [0.15, 0.2) is 0 Å². The summed E-state index contributed by atoms with van der Waals surface area (Å²) in [6.07, 6.45) is -0.537. The van der Waals surface area contributed by atoms with Gasteiger partial charge in [0, 0.05) is 32.0 Å². The van der Waals surface area contributed by atoms with E-state index in [1.165, 1.54) is 0 Å². The maximum absolute atomic E-state index is 13.7. The number of morpholine rings is 1. The first-order chi connectivity index (χ1) is 20.2. The van der Waals surface area contributed by atoms with Crippen LogP contribution in [0.3, 0.4) is 0 Å². The molecule has 1 fully saturated rings. The highest BCUT2D eigenvalue weighted by molar-refractivity contribution is 5.92. The van der Waals surface area contributed by atoms with Crippen LogP contribution in [0.25, 0.3) is 0 Å². The van der Waals surface area contributed by atoms with Crippen LogP contribution in [0.1, 0.15) is 25.0 Å². The average Bonchev–Trinajstić information content (AvgIpc) is 3.00. The minimum absolute atomic E-state index is 0.152. The number of aliphatic hydroxyl groups is 2. The molecular weight excluding hydrogens is 540 g/mol. The van der Waals surface area contributed by atoms with Crippen LogP contribution < -0.4 is 20.7 Å². The van der Waals surface area contributed by atoms with Gasteiger partial charge in [0.05, 0.1) is 39.0 Å².